The molecule has 4 rings (SSSR count). The van der Waals surface area contributed by atoms with Crippen LogP contribution >= 0.6 is 0 Å². The molecule has 0 aliphatic heterocycles. The van der Waals surface area contributed by atoms with E-state index in [2.05, 4.69) is 15.5 Å². The standard InChI is InChI=1S/C21H16N4O3S/c26-21(16-10-12-22-13-11-16)24-23-14-17-15-25(20-9-5-4-8-19(17)20)29(27,28)18-6-2-1-3-7-18/h1-15H,(H,24,26)/b23-14-. The minimum atomic E-state index is -3.77. The molecule has 0 atom stereocenters. The molecule has 0 fully saturated rings. The summed E-state index contributed by atoms with van der Waals surface area (Å²) in [6, 6.07) is 18.5. The largest absolute Gasteiger partial charge is 0.271 e. The van der Waals surface area contributed by atoms with Crippen molar-refractivity contribution in [1.82, 2.24) is 14.4 Å². The van der Waals surface area contributed by atoms with Gasteiger partial charge in [0.1, 0.15) is 0 Å². The maximum absolute atomic E-state index is 13.1. The normalized spacial score (nSPS) is 11.7. The fourth-order valence-electron chi connectivity index (χ4n) is 2.91. The number of nitrogens with zero attached hydrogens (tertiary/aromatic N) is 3. The maximum atomic E-state index is 13.1. The van der Waals surface area contributed by atoms with E-state index < -0.39 is 10.0 Å². The van der Waals surface area contributed by atoms with Crippen molar-refractivity contribution in [1.29, 1.82) is 0 Å². The predicted octanol–water partition coefficient (Wildman–Crippen LogP) is 3.04. The van der Waals surface area contributed by atoms with Gasteiger partial charge >= 0.3 is 0 Å². The van der Waals surface area contributed by atoms with Crippen molar-refractivity contribution >= 4 is 33.0 Å². The number of carbonyl (C=O) groups is 1. The smallest absolute Gasteiger partial charge is 0.267 e. The Labute approximate surface area is 167 Å². The highest BCUT2D eigenvalue weighted by molar-refractivity contribution is 7.90. The van der Waals surface area contributed by atoms with Crippen molar-refractivity contribution in [2.45, 2.75) is 4.90 Å². The van der Waals surface area contributed by atoms with Crippen LogP contribution in [0.5, 0.6) is 0 Å². The first-order chi connectivity index (χ1) is 14.1. The highest BCUT2D eigenvalue weighted by atomic mass is 32.2. The lowest BCUT2D eigenvalue weighted by Gasteiger charge is -2.07. The van der Waals surface area contributed by atoms with Crippen molar-refractivity contribution in [3.63, 3.8) is 0 Å². The third-order valence-electron chi connectivity index (χ3n) is 4.32. The van der Waals surface area contributed by atoms with Crippen LogP contribution in [0.15, 0.2) is 95.3 Å². The van der Waals surface area contributed by atoms with E-state index in [-0.39, 0.29) is 10.8 Å². The van der Waals surface area contributed by atoms with Gasteiger partial charge < -0.3 is 0 Å². The lowest BCUT2D eigenvalue weighted by molar-refractivity contribution is 0.0955. The summed E-state index contributed by atoms with van der Waals surface area (Å²) in [6.07, 6.45) is 5.95. The molecule has 0 spiro atoms. The second kappa shape index (κ2) is 7.69. The molecule has 0 aliphatic rings. The zero-order valence-electron chi connectivity index (χ0n) is 15.1. The Hall–Kier alpha value is -3.78. The third-order valence-corrected chi connectivity index (χ3v) is 6.01. The van der Waals surface area contributed by atoms with Crippen LogP contribution in [0.3, 0.4) is 0 Å². The lowest BCUT2D eigenvalue weighted by Crippen LogP contribution is -2.17. The number of benzene rings is 2. The van der Waals surface area contributed by atoms with Gasteiger partial charge in [-0.25, -0.2) is 17.8 Å². The zero-order chi connectivity index (χ0) is 20.3. The van der Waals surface area contributed by atoms with Crippen molar-refractivity contribution in [3.05, 3.63) is 96.4 Å². The van der Waals surface area contributed by atoms with E-state index >= 15 is 0 Å². The number of aromatic nitrogens is 2. The van der Waals surface area contributed by atoms with Gasteiger partial charge in [-0.1, -0.05) is 36.4 Å². The summed E-state index contributed by atoms with van der Waals surface area (Å²) >= 11 is 0. The Kier molecular flexibility index (Phi) is 4.92. The van der Waals surface area contributed by atoms with E-state index in [9.17, 15) is 13.2 Å². The molecule has 29 heavy (non-hydrogen) atoms. The third kappa shape index (κ3) is 3.65. The SMILES string of the molecule is O=C(N/N=C\c1cn(S(=O)(=O)c2ccccc2)c2ccccc12)c1ccncc1. The summed E-state index contributed by atoms with van der Waals surface area (Å²) in [5.41, 5.74) is 3.95. The molecule has 7 nitrogen and oxygen atoms in total. The molecule has 0 radical (unpaired) electrons. The average Bonchev–Trinajstić information content (AvgIpc) is 3.14. The van der Waals surface area contributed by atoms with Crippen LogP contribution in [0.4, 0.5) is 0 Å². The second-order valence-corrected chi connectivity index (χ2v) is 7.97. The molecule has 0 aliphatic carbocycles. The minimum absolute atomic E-state index is 0.190. The van der Waals surface area contributed by atoms with Gasteiger partial charge in [0.15, 0.2) is 0 Å². The number of rotatable bonds is 5. The van der Waals surface area contributed by atoms with Crippen molar-refractivity contribution in [2.24, 2.45) is 5.10 Å². The first kappa shape index (κ1) is 18.6. The van der Waals surface area contributed by atoms with Crippen molar-refractivity contribution < 1.29 is 13.2 Å². The first-order valence-corrected chi connectivity index (χ1v) is 10.2. The number of hydrogen-bond acceptors (Lipinski definition) is 5. The number of pyridine rings is 1. The van der Waals surface area contributed by atoms with E-state index in [1.54, 1.807) is 60.7 Å². The summed E-state index contributed by atoms with van der Waals surface area (Å²) in [7, 11) is -3.77. The molecule has 2 aromatic carbocycles. The number of fused-ring (bicyclic) bond motifs is 1. The highest BCUT2D eigenvalue weighted by Gasteiger charge is 2.20. The monoisotopic (exact) mass is 404 g/mol. The molecule has 0 saturated heterocycles. The van der Waals surface area contributed by atoms with Crippen LogP contribution in [0.1, 0.15) is 15.9 Å². The molecule has 8 heteroatoms. The topological polar surface area (TPSA) is 93.4 Å². The Bertz CT molecular complexity index is 1300. The van der Waals surface area contributed by atoms with Gasteiger partial charge in [-0.15, -0.1) is 0 Å². The number of nitrogens with one attached hydrogen (secondary N) is 1. The molecule has 1 N–H and O–H groups in total. The Morgan fingerprint density at radius 1 is 0.966 bits per heavy atom. The van der Waals surface area contributed by atoms with Crippen LogP contribution in [0, 0.1) is 0 Å². The van der Waals surface area contributed by atoms with Crippen LogP contribution in [0.2, 0.25) is 0 Å². The number of para-hydroxylation sites is 1. The molecule has 2 aromatic heterocycles. The Morgan fingerprint density at radius 2 is 1.66 bits per heavy atom. The summed E-state index contributed by atoms with van der Waals surface area (Å²) in [4.78, 5) is 16.1. The van der Waals surface area contributed by atoms with E-state index in [1.165, 1.54) is 28.8 Å². The molecule has 0 unspecified atom stereocenters. The van der Waals surface area contributed by atoms with Crippen LogP contribution in [-0.4, -0.2) is 29.5 Å². The van der Waals surface area contributed by atoms with Crippen LogP contribution in [-0.2, 0) is 10.0 Å². The van der Waals surface area contributed by atoms with Gasteiger partial charge in [-0.05, 0) is 30.3 Å². The summed E-state index contributed by atoms with van der Waals surface area (Å²) in [5.74, 6) is -0.385. The van der Waals surface area contributed by atoms with Gasteiger partial charge in [0, 0.05) is 35.1 Å². The molecule has 0 saturated carbocycles. The molecule has 144 valence electrons. The van der Waals surface area contributed by atoms with E-state index in [0.717, 1.165) is 0 Å². The zero-order valence-corrected chi connectivity index (χ0v) is 16.0. The molecule has 4 aromatic rings. The van der Waals surface area contributed by atoms with Crippen molar-refractivity contribution in [2.75, 3.05) is 0 Å². The van der Waals surface area contributed by atoms with Gasteiger partial charge in [0.2, 0.25) is 0 Å². The lowest BCUT2D eigenvalue weighted by atomic mass is 10.2. The van der Waals surface area contributed by atoms with Crippen LogP contribution in [0.25, 0.3) is 10.9 Å². The van der Waals surface area contributed by atoms with Gasteiger partial charge in [-0.2, -0.15) is 5.10 Å². The number of hydrazone groups is 1. The fourth-order valence-corrected chi connectivity index (χ4v) is 4.31. The van der Waals surface area contributed by atoms with E-state index in [0.29, 0.717) is 22.0 Å². The second-order valence-electron chi connectivity index (χ2n) is 6.15. The van der Waals surface area contributed by atoms with Gasteiger partial charge in [-0.3, -0.25) is 9.78 Å². The average molecular weight is 404 g/mol. The first-order valence-electron chi connectivity index (χ1n) is 8.71. The van der Waals surface area contributed by atoms with Crippen molar-refractivity contribution in [3.8, 4) is 0 Å². The fraction of sp³-hybridized carbons (Fsp3) is 0. The molecule has 1 amide bonds. The maximum Gasteiger partial charge on any atom is 0.271 e. The molecular weight excluding hydrogens is 388 g/mol. The number of hydrogen-bond donors (Lipinski definition) is 1. The summed E-state index contributed by atoms with van der Waals surface area (Å²) in [5, 5.41) is 4.69. The van der Waals surface area contributed by atoms with Gasteiger partial charge in [0.25, 0.3) is 15.9 Å². The number of amides is 1. The van der Waals surface area contributed by atoms with E-state index in [4.69, 9.17) is 0 Å². The Balaban J connectivity index is 1.69. The highest BCUT2D eigenvalue weighted by Crippen LogP contribution is 2.25. The molecule has 2 heterocycles. The van der Waals surface area contributed by atoms with E-state index in [1.807, 2.05) is 6.07 Å². The molecular formula is C21H16N4O3S. The number of carbonyl (C=O) groups excluding carboxylic acids is 1. The van der Waals surface area contributed by atoms with Gasteiger partial charge in [0.05, 0.1) is 16.6 Å². The summed E-state index contributed by atoms with van der Waals surface area (Å²) < 4.78 is 27.4. The molecule has 0 bridgehead atoms. The summed E-state index contributed by atoms with van der Waals surface area (Å²) in [6.45, 7) is 0. The minimum Gasteiger partial charge on any atom is -0.267 e. The Morgan fingerprint density at radius 3 is 2.41 bits per heavy atom. The van der Waals surface area contributed by atoms with Crippen LogP contribution < -0.4 is 5.43 Å². The quantitative estimate of drug-likeness (QED) is 0.409. The predicted molar refractivity (Wildman–Crippen MR) is 110 cm³/mol.